The molecule has 0 amide bonds. The van der Waals surface area contributed by atoms with Gasteiger partial charge in [-0.15, -0.1) is 0 Å². The molecule has 0 bridgehead atoms. The van der Waals surface area contributed by atoms with E-state index in [4.69, 9.17) is 0 Å². The Morgan fingerprint density at radius 2 is 0.841 bits per heavy atom. The Morgan fingerprint density at radius 3 is 1.18 bits per heavy atom. The van der Waals surface area contributed by atoms with Crippen molar-refractivity contribution < 1.29 is 14.2 Å². The molecule has 0 radical (unpaired) electrons. The van der Waals surface area contributed by atoms with Crippen LogP contribution in [0.25, 0.3) is 34.4 Å². The molecule has 0 aliphatic heterocycles. The first-order chi connectivity index (χ1) is 20.3. The van der Waals surface area contributed by atoms with Crippen molar-refractivity contribution in [2.24, 2.45) is 0 Å². The molecule has 0 spiro atoms. The predicted octanol–water partition coefficient (Wildman–Crippen LogP) is 12.3. The summed E-state index contributed by atoms with van der Waals surface area (Å²) in [6.45, 7) is 22.6. The van der Waals surface area contributed by atoms with Crippen LogP contribution < -0.4 is 0 Å². The molecule has 2 atom stereocenters. The molecule has 0 aromatic heterocycles. The number of hydrogen-bond donors (Lipinski definition) is 0. The summed E-state index contributed by atoms with van der Waals surface area (Å²) in [5.41, 5.74) is 14.0. The van der Waals surface area contributed by atoms with Crippen LogP contribution in [0, 0.1) is 13.8 Å². The zero-order valence-corrected chi connectivity index (χ0v) is 33.8. The summed E-state index contributed by atoms with van der Waals surface area (Å²) in [6.07, 6.45) is 10.3. The van der Waals surface area contributed by atoms with E-state index in [9.17, 15) is 0 Å². The molecule has 0 saturated heterocycles. The van der Waals surface area contributed by atoms with Gasteiger partial charge in [-0.2, -0.15) is 0 Å². The van der Waals surface area contributed by atoms with Crippen LogP contribution in [-0.4, -0.2) is 6.94 Å². The predicted molar refractivity (Wildman–Crippen MR) is 196 cm³/mol. The molecule has 0 nitrogen and oxygen atoms in total. The van der Waals surface area contributed by atoms with Gasteiger partial charge in [0.05, 0.1) is 0 Å². The van der Waals surface area contributed by atoms with Crippen molar-refractivity contribution in [1.29, 1.82) is 0 Å². The van der Waals surface area contributed by atoms with Gasteiger partial charge >= 0.3 is 264 Å². The van der Waals surface area contributed by atoms with Crippen molar-refractivity contribution in [1.82, 2.24) is 0 Å². The Kier molecular flexibility index (Phi) is 6.30. The third-order valence-corrected chi connectivity index (χ3v) is 110. The van der Waals surface area contributed by atoms with Crippen LogP contribution in [0.3, 0.4) is 0 Å². The Balaban J connectivity index is 1.73. The van der Waals surface area contributed by atoms with Crippen molar-refractivity contribution in [2.75, 3.05) is 0 Å². The maximum absolute atomic E-state index is 5.53. The number of rotatable bonds is 4. The molecule has 2 unspecified atom stereocenters. The Bertz CT molecular complexity index is 1900. The van der Waals surface area contributed by atoms with Crippen LogP contribution in [0.2, 0.25) is 15.7 Å². The van der Waals surface area contributed by atoms with Gasteiger partial charge in [0.15, 0.2) is 0 Å². The fraction of sp³-hybridized carbons (Fsp3) is 0.333. The molecule has 0 heterocycles. The molecule has 0 N–H and O–H groups in total. The molecule has 6 rings (SSSR count). The van der Waals surface area contributed by atoms with E-state index >= 15 is 0 Å². The van der Waals surface area contributed by atoms with Crippen molar-refractivity contribution in [2.45, 2.75) is 78.4 Å². The number of allylic oxidation sites excluding steroid dienone is 2. The van der Waals surface area contributed by atoms with Crippen molar-refractivity contribution >= 4 is 19.1 Å². The minimum atomic E-state index is -5.53. The first kappa shape index (κ1) is 31.4. The SMILES string of the molecule is Cc1ccccc1-c1cccc2c1C=C[CH]2[Hf]([CH3])([CH3])(=[SiH2])([CH]1C=Cc2c(-c3ccccc3C)cccc21)([C](C)(C)C)[C](C)(C)C. The second kappa shape index (κ2) is 8.83. The average molecular weight is 763 g/mol. The van der Waals surface area contributed by atoms with E-state index in [2.05, 4.69) is 181 Å². The topological polar surface area (TPSA) is 0 Å². The molecule has 2 aliphatic rings. The van der Waals surface area contributed by atoms with Crippen LogP contribution in [0.4, 0.5) is 0 Å². The van der Waals surface area contributed by atoms with Crippen molar-refractivity contribution in [3.63, 3.8) is 0 Å². The Labute approximate surface area is 262 Å². The van der Waals surface area contributed by atoms with Gasteiger partial charge in [-0.05, 0) is 0 Å². The third kappa shape index (κ3) is 3.27. The summed E-state index contributed by atoms with van der Waals surface area (Å²) in [5, 5.41) is 0. The van der Waals surface area contributed by atoms with Gasteiger partial charge < -0.3 is 0 Å². The van der Waals surface area contributed by atoms with E-state index < -0.39 is 14.2 Å². The Hall–Kier alpha value is -2.55. The normalized spacial score (nSPS) is 20.4. The zero-order valence-electron chi connectivity index (χ0n) is 28.8. The summed E-state index contributed by atoms with van der Waals surface area (Å²) >= 11 is -5.53. The van der Waals surface area contributed by atoms with Gasteiger partial charge in [0, 0.05) is 0 Å². The molecular weight excluding hydrogens is 711 g/mol. The first-order valence-corrected chi connectivity index (χ1v) is 39.8. The van der Waals surface area contributed by atoms with Crippen molar-refractivity contribution in [3.05, 3.63) is 130 Å². The van der Waals surface area contributed by atoms with Gasteiger partial charge in [0.25, 0.3) is 0 Å². The van der Waals surface area contributed by atoms with Crippen LogP contribution in [0.5, 0.6) is 0 Å². The fourth-order valence-corrected chi connectivity index (χ4v) is 56.9. The van der Waals surface area contributed by atoms with E-state index in [0.29, 0.717) is 7.35 Å². The van der Waals surface area contributed by atoms with Crippen LogP contribution in [0.1, 0.15) is 82.3 Å². The van der Waals surface area contributed by atoms with Crippen LogP contribution in [-0.2, 0) is 14.2 Å². The third-order valence-electron chi connectivity index (χ3n) is 15.9. The molecule has 0 saturated carbocycles. The van der Waals surface area contributed by atoms with E-state index in [1.807, 2.05) is 0 Å². The van der Waals surface area contributed by atoms with Crippen LogP contribution >= 0.6 is 0 Å². The van der Waals surface area contributed by atoms with Crippen molar-refractivity contribution in [3.8, 4) is 22.3 Å². The summed E-state index contributed by atoms with van der Waals surface area (Å²) in [4.78, 5) is 0. The molecule has 4 aromatic rings. The maximum atomic E-state index is 2.89. The second-order valence-corrected chi connectivity index (χ2v) is 93.6. The average Bonchev–Trinajstić information content (AvgIpc) is 3.59. The summed E-state index contributed by atoms with van der Waals surface area (Å²) < 4.78 is 6.50. The summed E-state index contributed by atoms with van der Waals surface area (Å²) in [5.74, 6) is 0. The molecule has 2 heteroatoms. The zero-order chi connectivity index (χ0) is 32.0. The minimum absolute atomic E-state index is 0.0330. The Morgan fingerprint density at radius 1 is 0.500 bits per heavy atom. The van der Waals surface area contributed by atoms with E-state index in [1.54, 1.807) is 0 Å². The first-order valence-electron chi connectivity index (χ1n) is 16.6. The second-order valence-electron chi connectivity index (χ2n) is 18.4. The number of hydrogen-bond acceptors (Lipinski definition) is 0. The molecule has 0 fully saturated rings. The van der Waals surface area contributed by atoms with Crippen LogP contribution in [0.15, 0.2) is 97.1 Å². The van der Waals surface area contributed by atoms with Gasteiger partial charge in [-0.1, -0.05) is 0 Å². The van der Waals surface area contributed by atoms with E-state index in [0.717, 1.165) is 0 Å². The molecule has 228 valence electrons. The standard InChI is InChI=1S/2C16H13.2C4H9.2CH3.Hf.H2Si/c2*1-12-6-2-3-9-14(12)16-11-5-8-13-7-4-10-15(13)16;2*1-4(2)3;;;;/h2*2-11H,1H3;2*1-3H3;2*1H3;;1H2. The number of benzene rings is 4. The molecule has 2 aliphatic carbocycles. The quantitative estimate of drug-likeness (QED) is 0.182. The van der Waals surface area contributed by atoms with Gasteiger partial charge in [0.1, 0.15) is 0 Å². The fourth-order valence-electron chi connectivity index (χ4n) is 10.2. The summed E-state index contributed by atoms with van der Waals surface area (Å²) in [7, 11) is 0. The number of aryl methyl sites for hydroxylation is 2. The van der Waals surface area contributed by atoms with Gasteiger partial charge in [-0.3, -0.25) is 0 Å². The van der Waals surface area contributed by atoms with E-state index in [1.165, 1.54) is 55.6 Å². The summed E-state index contributed by atoms with van der Waals surface area (Å²) in [6, 6.07) is 32.0. The molecule has 4 aromatic carbocycles. The van der Waals surface area contributed by atoms with Gasteiger partial charge in [0.2, 0.25) is 0 Å². The van der Waals surface area contributed by atoms with E-state index in [-0.39, 0.29) is 6.34 Å². The monoisotopic (exact) mass is 764 g/mol. The molecule has 44 heavy (non-hydrogen) atoms. The molecular formula is C42H52HfSi. The number of fused-ring (bicyclic) bond motifs is 2. The van der Waals surface area contributed by atoms with Gasteiger partial charge in [-0.25, -0.2) is 0 Å².